The predicted octanol–water partition coefficient (Wildman–Crippen LogP) is 2.48. The molecule has 1 aliphatic carbocycles. The fourth-order valence-electron chi connectivity index (χ4n) is 0.805. The van der Waals surface area contributed by atoms with Crippen LogP contribution in [0, 0.1) is 6.08 Å². The molecule has 0 nitrogen and oxygen atoms in total. The van der Waals surface area contributed by atoms with Gasteiger partial charge in [-0.2, -0.15) is 0 Å². The van der Waals surface area contributed by atoms with Crippen LogP contribution in [0.3, 0.4) is 0 Å². The van der Waals surface area contributed by atoms with E-state index in [2.05, 4.69) is 18.2 Å². The first-order chi connectivity index (χ1) is 4.00. The number of hydrogen-bond donors (Lipinski definition) is 0. The van der Waals surface area contributed by atoms with E-state index >= 15 is 0 Å². The Morgan fingerprint density at radius 2 is 2.25 bits per heavy atom. The third kappa shape index (κ3) is 1.97. The van der Waals surface area contributed by atoms with Crippen LogP contribution in [-0.4, -0.2) is 0 Å². The smallest absolute Gasteiger partial charge is 0.0276 e. The van der Waals surface area contributed by atoms with Gasteiger partial charge in [-0.05, 0) is 31.8 Å². The molecule has 0 heterocycles. The van der Waals surface area contributed by atoms with E-state index in [1.165, 1.54) is 19.3 Å². The van der Waals surface area contributed by atoms with E-state index in [0.29, 0.717) is 0 Å². The van der Waals surface area contributed by atoms with Crippen LogP contribution in [-0.2, 0) is 0 Å². The van der Waals surface area contributed by atoms with E-state index in [-0.39, 0.29) is 0 Å². The SMILES string of the molecule is [C]1=CC=CCCCC1. The zero-order valence-corrected chi connectivity index (χ0v) is 5.06. The second-order valence-corrected chi connectivity index (χ2v) is 2.04. The van der Waals surface area contributed by atoms with E-state index < -0.39 is 0 Å². The van der Waals surface area contributed by atoms with Crippen LogP contribution < -0.4 is 0 Å². The molecule has 0 aromatic carbocycles. The van der Waals surface area contributed by atoms with Crippen molar-refractivity contribution in [2.24, 2.45) is 0 Å². The highest BCUT2D eigenvalue weighted by molar-refractivity contribution is 5.00. The Bertz CT molecular complexity index is 84.6. The molecule has 1 rings (SSSR count). The van der Waals surface area contributed by atoms with Crippen LogP contribution >= 0.6 is 0 Å². The topological polar surface area (TPSA) is 0 Å². The van der Waals surface area contributed by atoms with Crippen molar-refractivity contribution in [2.45, 2.75) is 25.7 Å². The third-order valence-electron chi connectivity index (χ3n) is 1.29. The maximum atomic E-state index is 3.18. The summed E-state index contributed by atoms with van der Waals surface area (Å²) in [6, 6.07) is 0. The predicted molar refractivity (Wildman–Crippen MR) is 35.4 cm³/mol. The summed E-state index contributed by atoms with van der Waals surface area (Å²) in [6.45, 7) is 0. The average molecular weight is 107 g/mol. The van der Waals surface area contributed by atoms with Gasteiger partial charge in [0.25, 0.3) is 0 Å². The lowest BCUT2D eigenvalue weighted by Gasteiger charge is -1.93. The molecular weight excluding hydrogens is 96.1 g/mol. The van der Waals surface area contributed by atoms with Crippen molar-refractivity contribution < 1.29 is 0 Å². The van der Waals surface area contributed by atoms with Gasteiger partial charge in [0.15, 0.2) is 0 Å². The van der Waals surface area contributed by atoms with Gasteiger partial charge in [-0.25, -0.2) is 0 Å². The quantitative estimate of drug-likeness (QED) is 0.446. The van der Waals surface area contributed by atoms with E-state index in [9.17, 15) is 0 Å². The molecule has 0 aromatic heterocycles. The molecule has 8 heavy (non-hydrogen) atoms. The number of hydrogen-bond acceptors (Lipinski definition) is 0. The van der Waals surface area contributed by atoms with Gasteiger partial charge in [-0.1, -0.05) is 18.2 Å². The fraction of sp³-hybridized carbons (Fsp3) is 0.500. The molecule has 1 radical (unpaired) electrons. The highest BCUT2D eigenvalue weighted by Crippen LogP contribution is 2.03. The fourth-order valence-corrected chi connectivity index (χ4v) is 0.805. The molecule has 0 amide bonds. The van der Waals surface area contributed by atoms with E-state index in [4.69, 9.17) is 0 Å². The Morgan fingerprint density at radius 1 is 1.25 bits per heavy atom. The van der Waals surface area contributed by atoms with Crippen molar-refractivity contribution in [3.8, 4) is 0 Å². The lowest BCUT2D eigenvalue weighted by Crippen LogP contribution is -1.74. The summed E-state index contributed by atoms with van der Waals surface area (Å²) in [5.41, 5.74) is 0. The first-order valence-corrected chi connectivity index (χ1v) is 3.22. The van der Waals surface area contributed by atoms with E-state index in [0.717, 1.165) is 6.42 Å². The summed E-state index contributed by atoms with van der Waals surface area (Å²) >= 11 is 0. The van der Waals surface area contributed by atoms with Crippen LogP contribution in [0.4, 0.5) is 0 Å². The Balaban J connectivity index is 2.33. The van der Waals surface area contributed by atoms with Crippen molar-refractivity contribution in [1.82, 2.24) is 0 Å². The van der Waals surface area contributed by atoms with Crippen LogP contribution in [0.25, 0.3) is 0 Å². The van der Waals surface area contributed by atoms with Crippen LogP contribution in [0.15, 0.2) is 18.2 Å². The molecule has 0 aliphatic heterocycles. The minimum absolute atomic E-state index is 1.14. The molecule has 1 aliphatic rings. The van der Waals surface area contributed by atoms with Gasteiger partial charge >= 0.3 is 0 Å². The Morgan fingerprint density at radius 3 is 3.25 bits per heavy atom. The first kappa shape index (κ1) is 5.61. The van der Waals surface area contributed by atoms with Crippen LogP contribution in [0.2, 0.25) is 0 Å². The summed E-state index contributed by atoms with van der Waals surface area (Å²) in [5.74, 6) is 0. The molecule has 0 N–H and O–H groups in total. The monoisotopic (exact) mass is 107 g/mol. The van der Waals surface area contributed by atoms with Crippen molar-refractivity contribution in [1.29, 1.82) is 0 Å². The summed E-state index contributed by atoms with van der Waals surface area (Å²) in [5, 5.41) is 0. The van der Waals surface area contributed by atoms with E-state index in [1.807, 2.05) is 6.08 Å². The van der Waals surface area contributed by atoms with Gasteiger partial charge in [0, 0.05) is 0 Å². The van der Waals surface area contributed by atoms with Crippen molar-refractivity contribution >= 4 is 0 Å². The number of rotatable bonds is 0. The maximum absolute atomic E-state index is 3.18. The van der Waals surface area contributed by atoms with Crippen molar-refractivity contribution in [2.75, 3.05) is 0 Å². The van der Waals surface area contributed by atoms with Crippen molar-refractivity contribution in [3.63, 3.8) is 0 Å². The van der Waals surface area contributed by atoms with E-state index in [1.54, 1.807) is 0 Å². The molecule has 0 bridgehead atoms. The third-order valence-corrected chi connectivity index (χ3v) is 1.29. The second kappa shape index (κ2) is 3.48. The van der Waals surface area contributed by atoms with Gasteiger partial charge in [0.1, 0.15) is 0 Å². The van der Waals surface area contributed by atoms with Gasteiger partial charge in [0.2, 0.25) is 0 Å². The highest BCUT2D eigenvalue weighted by Gasteiger charge is 1.84. The highest BCUT2D eigenvalue weighted by atomic mass is 13.9. The Kier molecular flexibility index (Phi) is 2.44. The maximum Gasteiger partial charge on any atom is -0.0276 e. The average Bonchev–Trinajstić information content (AvgIpc) is 1.62. The zero-order valence-electron chi connectivity index (χ0n) is 5.06. The lowest BCUT2D eigenvalue weighted by atomic mass is 10.1. The zero-order chi connectivity index (χ0) is 5.66. The van der Waals surface area contributed by atoms with Gasteiger partial charge in [-0.3, -0.25) is 0 Å². The summed E-state index contributed by atoms with van der Waals surface area (Å²) in [7, 11) is 0. The Hall–Kier alpha value is -0.520. The van der Waals surface area contributed by atoms with Gasteiger partial charge < -0.3 is 0 Å². The van der Waals surface area contributed by atoms with Gasteiger partial charge in [-0.15, -0.1) is 0 Å². The van der Waals surface area contributed by atoms with Crippen molar-refractivity contribution in [3.05, 3.63) is 24.3 Å². The van der Waals surface area contributed by atoms with Crippen LogP contribution in [0.5, 0.6) is 0 Å². The molecule has 0 unspecified atom stereocenters. The molecule has 0 spiro atoms. The molecular formula is C8H11. The summed E-state index contributed by atoms with van der Waals surface area (Å²) in [6.07, 6.45) is 14.5. The normalized spacial score (nSPS) is 20.0. The minimum Gasteiger partial charge on any atom is -0.0845 e. The lowest BCUT2D eigenvalue weighted by molar-refractivity contribution is 0.750. The number of allylic oxidation sites excluding steroid dienone is 4. The molecule has 0 saturated carbocycles. The largest absolute Gasteiger partial charge is 0.0845 e. The minimum atomic E-state index is 1.14. The molecule has 0 aromatic rings. The molecule has 0 heteroatoms. The van der Waals surface area contributed by atoms with Gasteiger partial charge in [0.05, 0.1) is 0 Å². The molecule has 0 atom stereocenters. The second-order valence-electron chi connectivity index (χ2n) is 2.04. The summed E-state index contributed by atoms with van der Waals surface area (Å²) < 4.78 is 0. The molecule has 0 fully saturated rings. The summed E-state index contributed by atoms with van der Waals surface area (Å²) in [4.78, 5) is 0. The van der Waals surface area contributed by atoms with Crippen LogP contribution in [0.1, 0.15) is 25.7 Å². The standard InChI is InChI=1S/C8H11/c1-2-4-6-8-7-5-3-1/h1-3H,4,6-8H2. The first-order valence-electron chi connectivity index (χ1n) is 3.22. The molecule has 43 valence electrons. The molecule has 0 saturated heterocycles. The Labute approximate surface area is 50.9 Å².